The molecule has 0 aliphatic carbocycles. The normalized spacial score (nSPS) is 9.73. The summed E-state index contributed by atoms with van der Waals surface area (Å²) in [6.45, 7) is 3.44. The fraction of sp³-hybridized carbons (Fsp3) is 0.625. The first-order valence-electron chi connectivity index (χ1n) is 3.79. The Bertz CT molecular complexity index is 134. The minimum Gasteiger partial charge on any atom is -0.341 e. The SMILES string of the molecule is CCCC[C](C=O)NC(C)=O. The Kier molecular flexibility index (Phi) is 5.43. The lowest BCUT2D eigenvalue weighted by Crippen LogP contribution is -2.26. The first-order valence-corrected chi connectivity index (χ1v) is 3.79. The van der Waals surface area contributed by atoms with Crippen LogP contribution in [0.25, 0.3) is 0 Å². The van der Waals surface area contributed by atoms with Crippen molar-refractivity contribution in [2.75, 3.05) is 0 Å². The first kappa shape index (κ1) is 10.1. The van der Waals surface area contributed by atoms with Gasteiger partial charge in [-0.1, -0.05) is 19.8 Å². The lowest BCUT2D eigenvalue weighted by Gasteiger charge is -2.07. The molecule has 0 rings (SSSR count). The Morgan fingerprint density at radius 2 is 2.18 bits per heavy atom. The Balaban J connectivity index is 3.57. The lowest BCUT2D eigenvalue weighted by atomic mass is 10.1. The van der Waals surface area contributed by atoms with Crippen LogP contribution in [0.4, 0.5) is 0 Å². The number of hydrogen-bond donors (Lipinski definition) is 1. The molecule has 0 spiro atoms. The average molecular weight is 156 g/mol. The molecule has 0 aromatic heterocycles. The second-order valence-electron chi connectivity index (χ2n) is 2.43. The summed E-state index contributed by atoms with van der Waals surface area (Å²) in [6.07, 6.45) is 3.34. The summed E-state index contributed by atoms with van der Waals surface area (Å²) in [5, 5.41) is 2.47. The van der Waals surface area contributed by atoms with E-state index < -0.39 is 0 Å². The van der Waals surface area contributed by atoms with E-state index in [0.29, 0.717) is 18.7 Å². The molecule has 63 valence electrons. The van der Waals surface area contributed by atoms with Crippen molar-refractivity contribution in [1.29, 1.82) is 0 Å². The van der Waals surface area contributed by atoms with Crippen molar-refractivity contribution in [3.63, 3.8) is 0 Å². The molecule has 0 atom stereocenters. The second kappa shape index (κ2) is 5.89. The quantitative estimate of drug-likeness (QED) is 0.604. The zero-order chi connectivity index (χ0) is 8.69. The van der Waals surface area contributed by atoms with E-state index >= 15 is 0 Å². The second-order valence-corrected chi connectivity index (χ2v) is 2.43. The molecule has 0 aromatic carbocycles. The molecular formula is C8H14NO2. The number of carbonyl (C=O) groups is 2. The summed E-state index contributed by atoms with van der Waals surface area (Å²) in [6, 6.07) is 0.486. The van der Waals surface area contributed by atoms with Crippen LogP contribution in [-0.4, -0.2) is 12.2 Å². The van der Waals surface area contributed by atoms with Crippen molar-refractivity contribution in [3.05, 3.63) is 6.04 Å². The van der Waals surface area contributed by atoms with E-state index in [1.807, 2.05) is 6.92 Å². The molecule has 0 unspecified atom stereocenters. The van der Waals surface area contributed by atoms with Gasteiger partial charge < -0.3 is 10.1 Å². The molecule has 0 aromatic rings. The third-order valence-electron chi connectivity index (χ3n) is 1.28. The van der Waals surface area contributed by atoms with Crippen molar-refractivity contribution in [3.8, 4) is 0 Å². The number of aldehydes is 1. The lowest BCUT2D eigenvalue weighted by molar-refractivity contribution is -0.120. The fourth-order valence-electron chi connectivity index (χ4n) is 0.744. The van der Waals surface area contributed by atoms with Gasteiger partial charge in [0.05, 0.1) is 0 Å². The number of unbranched alkanes of at least 4 members (excludes halogenated alkanes) is 1. The number of rotatable bonds is 5. The summed E-state index contributed by atoms with van der Waals surface area (Å²) >= 11 is 0. The van der Waals surface area contributed by atoms with E-state index in [0.717, 1.165) is 12.8 Å². The highest BCUT2D eigenvalue weighted by Gasteiger charge is 2.07. The topological polar surface area (TPSA) is 46.2 Å². The van der Waals surface area contributed by atoms with Crippen molar-refractivity contribution in [2.24, 2.45) is 0 Å². The Morgan fingerprint density at radius 1 is 1.55 bits per heavy atom. The average Bonchev–Trinajstić information content (AvgIpc) is 1.97. The van der Waals surface area contributed by atoms with Gasteiger partial charge in [-0.2, -0.15) is 0 Å². The van der Waals surface area contributed by atoms with Gasteiger partial charge in [-0.3, -0.25) is 4.79 Å². The molecule has 3 nitrogen and oxygen atoms in total. The summed E-state index contributed by atoms with van der Waals surface area (Å²) in [5.41, 5.74) is 0. The van der Waals surface area contributed by atoms with Gasteiger partial charge >= 0.3 is 0 Å². The Morgan fingerprint density at radius 3 is 2.55 bits per heavy atom. The van der Waals surface area contributed by atoms with Crippen LogP contribution in [-0.2, 0) is 9.59 Å². The smallest absolute Gasteiger partial charge is 0.217 e. The summed E-state index contributed by atoms with van der Waals surface area (Å²) in [5.74, 6) is -0.178. The molecule has 0 saturated heterocycles. The predicted molar refractivity (Wildman–Crippen MR) is 42.6 cm³/mol. The van der Waals surface area contributed by atoms with Gasteiger partial charge in [-0.05, 0) is 6.42 Å². The fourth-order valence-corrected chi connectivity index (χ4v) is 0.744. The first-order chi connectivity index (χ1) is 5.20. The van der Waals surface area contributed by atoms with Gasteiger partial charge in [0.15, 0.2) is 0 Å². The van der Waals surface area contributed by atoms with Crippen LogP contribution in [0, 0.1) is 6.04 Å². The largest absolute Gasteiger partial charge is 0.341 e. The molecule has 11 heavy (non-hydrogen) atoms. The molecule has 3 heteroatoms. The van der Waals surface area contributed by atoms with Crippen molar-refractivity contribution in [1.82, 2.24) is 5.32 Å². The molecular weight excluding hydrogens is 142 g/mol. The van der Waals surface area contributed by atoms with Crippen LogP contribution in [0.1, 0.15) is 33.1 Å². The maximum atomic E-state index is 10.5. The van der Waals surface area contributed by atoms with E-state index in [9.17, 15) is 9.59 Å². The number of amides is 1. The molecule has 0 bridgehead atoms. The molecule has 0 aliphatic heterocycles. The van der Waals surface area contributed by atoms with Crippen LogP contribution in [0.3, 0.4) is 0 Å². The van der Waals surface area contributed by atoms with Crippen molar-refractivity contribution in [2.45, 2.75) is 33.1 Å². The zero-order valence-electron chi connectivity index (χ0n) is 7.02. The zero-order valence-corrected chi connectivity index (χ0v) is 7.02. The highest BCUT2D eigenvalue weighted by Crippen LogP contribution is 2.03. The van der Waals surface area contributed by atoms with Crippen LogP contribution in [0.15, 0.2) is 0 Å². The van der Waals surface area contributed by atoms with E-state index in [1.165, 1.54) is 6.92 Å². The minimum absolute atomic E-state index is 0.178. The van der Waals surface area contributed by atoms with Gasteiger partial charge in [-0.25, -0.2) is 0 Å². The third-order valence-corrected chi connectivity index (χ3v) is 1.28. The summed E-state index contributed by atoms with van der Waals surface area (Å²) in [7, 11) is 0. The summed E-state index contributed by atoms with van der Waals surface area (Å²) < 4.78 is 0. The van der Waals surface area contributed by atoms with E-state index in [-0.39, 0.29) is 5.91 Å². The number of nitrogens with one attached hydrogen (secondary N) is 1. The Labute approximate surface area is 67.2 Å². The monoisotopic (exact) mass is 156 g/mol. The van der Waals surface area contributed by atoms with Crippen molar-refractivity contribution >= 4 is 12.2 Å². The molecule has 1 amide bonds. The molecule has 0 saturated carbocycles. The van der Waals surface area contributed by atoms with E-state index in [4.69, 9.17) is 0 Å². The predicted octanol–water partition coefficient (Wildman–Crippen LogP) is 1.04. The van der Waals surface area contributed by atoms with Gasteiger partial charge in [0.1, 0.15) is 12.3 Å². The van der Waals surface area contributed by atoms with Gasteiger partial charge in [0.25, 0.3) is 0 Å². The standard InChI is InChI=1S/C8H14NO2/c1-3-4-5-8(6-10)9-7(2)11/h6H,3-5H2,1-2H3,(H,9,11). The summed E-state index contributed by atoms with van der Waals surface area (Å²) in [4.78, 5) is 20.8. The van der Waals surface area contributed by atoms with Crippen molar-refractivity contribution < 1.29 is 9.59 Å². The molecule has 0 aliphatic rings. The molecule has 0 heterocycles. The third kappa shape index (κ3) is 5.58. The molecule has 1 N–H and O–H groups in total. The Hall–Kier alpha value is -0.860. The van der Waals surface area contributed by atoms with E-state index in [2.05, 4.69) is 5.32 Å². The highest BCUT2D eigenvalue weighted by atomic mass is 16.2. The van der Waals surface area contributed by atoms with Crippen LogP contribution >= 0.6 is 0 Å². The maximum Gasteiger partial charge on any atom is 0.217 e. The van der Waals surface area contributed by atoms with Crippen LogP contribution in [0.5, 0.6) is 0 Å². The molecule has 0 fully saturated rings. The maximum absolute atomic E-state index is 10.5. The van der Waals surface area contributed by atoms with E-state index in [1.54, 1.807) is 0 Å². The number of hydrogen-bond acceptors (Lipinski definition) is 2. The highest BCUT2D eigenvalue weighted by molar-refractivity contribution is 5.81. The van der Waals surface area contributed by atoms with Crippen LogP contribution < -0.4 is 5.32 Å². The molecule has 1 radical (unpaired) electrons. The number of carbonyl (C=O) groups excluding carboxylic acids is 2. The minimum atomic E-state index is -0.178. The van der Waals surface area contributed by atoms with Crippen LogP contribution in [0.2, 0.25) is 0 Å². The van der Waals surface area contributed by atoms with Gasteiger partial charge in [0.2, 0.25) is 5.91 Å². The van der Waals surface area contributed by atoms with Gasteiger partial charge in [-0.15, -0.1) is 0 Å². The van der Waals surface area contributed by atoms with Gasteiger partial charge in [0, 0.05) is 6.92 Å².